The molecule has 0 atom stereocenters. The molecule has 0 aromatic rings. The number of hydrogen-bond donors (Lipinski definition) is 0. The van der Waals surface area contributed by atoms with Gasteiger partial charge in [0.15, 0.2) is 5.92 Å². The van der Waals surface area contributed by atoms with Gasteiger partial charge in [0.05, 0.1) is 0 Å². The molecule has 23 heavy (non-hydrogen) atoms. The zero-order valence-corrected chi connectivity index (χ0v) is 15.7. The minimum Gasteiger partial charge on any atom is -0.459 e. The van der Waals surface area contributed by atoms with Crippen LogP contribution < -0.4 is 0 Å². The van der Waals surface area contributed by atoms with E-state index in [1.165, 1.54) is 32.1 Å². The van der Waals surface area contributed by atoms with E-state index in [1.54, 1.807) is 0 Å². The Morgan fingerprint density at radius 3 is 1.70 bits per heavy atom. The molecule has 4 nitrogen and oxygen atoms in total. The minimum atomic E-state index is -0.810. The van der Waals surface area contributed by atoms with E-state index >= 15 is 0 Å². The van der Waals surface area contributed by atoms with Crippen LogP contribution in [0.4, 0.5) is 0 Å². The standard InChI is InChI=1S/C19H34O4/c1-18(2,3)22-16(20)15(17(21)23-19(4,5)6)13-12-14-10-8-7-9-11-14/h14-15H,7-13H2,1-6H3. The van der Waals surface area contributed by atoms with Gasteiger partial charge in [-0.3, -0.25) is 9.59 Å². The summed E-state index contributed by atoms with van der Waals surface area (Å²) in [5, 5.41) is 0. The highest BCUT2D eigenvalue weighted by atomic mass is 16.6. The lowest BCUT2D eigenvalue weighted by Crippen LogP contribution is -2.37. The van der Waals surface area contributed by atoms with Crippen LogP contribution in [0.25, 0.3) is 0 Å². The second-order valence-corrected chi connectivity index (χ2v) is 8.70. The molecule has 0 N–H and O–H groups in total. The summed E-state index contributed by atoms with van der Waals surface area (Å²) in [4.78, 5) is 24.9. The number of carbonyl (C=O) groups excluding carboxylic acids is 2. The van der Waals surface area contributed by atoms with Crippen molar-refractivity contribution in [2.24, 2.45) is 11.8 Å². The molecule has 1 aliphatic rings. The molecule has 1 fully saturated rings. The Balaban J connectivity index is 2.70. The number of esters is 2. The van der Waals surface area contributed by atoms with Gasteiger partial charge < -0.3 is 9.47 Å². The fourth-order valence-corrected chi connectivity index (χ4v) is 2.96. The molecule has 1 saturated carbocycles. The summed E-state index contributed by atoms with van der Waals surface area (Å²) in [7, 11) is 0. The minimum absolute atomic E-state index is 0.456. The fourth-order valence-electron chi connectivity index (χ4n) is 2.96. The van der Waals surface area contributed by atoms with Crippen LogP contribution in [0.1, 0.15) is 86.5 Å². The maximum Gasteiger partial charge on any atom is 0.320 e. The van der Waals surface area contributed by atoms with Gasteiger partial charge in [-0.15, -0.1) is 0 Å². The Bertz CT molecular complexity index is 367. The first kappa shape index (κ1) is 20.0. The predicted molar refractivity (Wildman–Crippen MR) is 91.0 cm³/mol. The molecule has 0 heterocycles. The van der Waals surface area contributed by atoms with Gasteiger partial charge in [0, 0.05) is 0 Å². The van der Waals surface area contributed by atoms with Crippen molar-refractivity contribution in [2.45, 2.75) is 97.7 Å². The van der Waals surface area contributed by atoms with Crippen LogP contribution >= 0.6 is 0 Å². The lowest BCUT2D eigenvalue weighted by atomic mass is 9.84. The lowest BCUT2D eigenvalue weighted by Gasteiger charge is -2.28. The molecular formula is C19H34O4. The second kappa shape index (κ2) is 8.16. The Morgan fingerprint density at radius 2 is 1.30 bits per heavy atom. The highest BCUT2D eigenvalue weighted by Crippen LogP contribution is 2.30. The van der Waals surface area contributed by atoms with E-state index in [9.17, 15) is 9.59 Å². The van der Waals surface area contributed by atoms with Gasteiger partial charge in [0.2, 0.25) is 0 Å². The van der Waals surface area contributed by atoms with Crippen LogP contribution in [-0.4, -0.2) is 23.1 Å². The van der Waals surface area contributed by atoms with E-state index in [-0.39, 0.29) is 0 Å². The van der Waals surface area contributed by atoms with Crippen molar-refractivity contribution < 1.29 is 19.1 Å². The van der Waals surface area contributed by atoms with Gasteiger partial charge in [-0.1, -0.05) is 32.1 Å². The summed E-state index contributed by atoms with van der Waals surface area (Å²) >= 11 is 0. The van der Waals surface area contributed by atoms with Crippen molar-refractivity contribution in [1.29, 1.82) is 0 Å². The van der Waals surface area contributed by atoms with Crippen molar-refractivity contribution in [2.75, 3.05) is 0 Å². The van der Waals surface area contributed by atoms with Crippen LogP contribution in [0.2, 0.25) is 0 Å². The van der Waals surface area contributed by atoms with Crippen LogP contribution in [0, 0.1) is 11.8 Å². The maximum atomic E-state index is 12.4. The molecule has 1 aliphatic carbocycles. The van der Waals surface area contributed by atoms with Crippen molar-refractivity contribution in [3.63, 3.8) is 0 Å². The van der Waals surface area contributed by atoms with Crippen molar-refractivity contribution in [3.05, 3.63) is 0 Å². The molecular weight excluding hydrogens is 292 g/mol. The van der Waals surface area contributed by atoms with Crippen LogP contribution in [0.3, 0.4) is 0 Å². The molecule has 0 saturated heterocycles. The number of ether oxygens (including phenoxy) is 2. The van der Waals surface area contributed by atoms with Gasteiger partial charge >= 0.3 is 11.9 Å². The molecule has 0 bridgehead atoms. The van der Waals surface area contributed by atoms with Gasteiger partial charge in [0.1, 0.15) is 11.2 Å². The van der Waals surface area contributed by atoms with Crippen LogP contribution in [0.15, 0.2) is 0 Å². The maximum absolute atomic E-state index is 12.4. The molecule has 134 valence electrons. The van der Waals surface area contributed by atoms with E-state index in [4.69, 9.17) is 9.47 Å². The Kier molecular flexibility index (Phi) is 7.09. The molecule has 0 aliphatic heterocycles. The Morgan fingerprint density at radius 1 is 0.870 bits per heavy atom. The molecule has 0 unspecified atom stereocenters. The monoisotopic (exact) mass is 326 g/mol. The summed E-state index contributed by atoms with van der Waals surface area (Å²) in [5.74, 6) is -1.10. The number of hydrogen-bond acceptors (Lipinski definition) is 4. The first-order valence-electron chi connectivity index (χ1n) is 8.94. The zero-order valence-electron chi connectivity index (χ0n) is 15.7. The normalized spacial score (nSPS) is 17.2. The molecule has 0 spiro atoms. The predicted octanol–water partition coefficient (Wildman–Crippen LogP) is 4.65. The van der Waals surface area contributed by atoms with E-state index in [0.717, 1.165) is 6.42 Å². The average molecular weight is 326 g/mol. The third-order valence-electron chi connectivity index (χ3n) is 3.97. The van der Waals surface area contributed by atoms with Crippen LogP contribution in [0.5, 0.6) is 0 Å². The summed E-state index contributed by atoms with van der Waals surface area (Å²) in [5.41, 5.74) is -1.19. The largest absolute Gasteiger partial charge is 0.459 e. The van der Waals surface area contributed by atoms with Crippen molar-refractivity contribution >= 4 is 11.9 Å². The van der Waals surface area contributed by atoms with Crippen LogP contribution in [-0.2, 0) is 19.1 Å². The third kappa shape index (κ3) is 8.38. The topological polar surface area (TPSA) is 52.6 Å². The average Bonchev–Trinajstić information content (AvgIpc) is 2.35. The SMILES string of the molecule is CC(C)(C)OC(=O)C(CCC1CCCCC1)C(=O)OC(C)(C)C. The Labute approximate surface area is 141 Å². The van der Waals surface area contributed by atoms with Gasteiger partial charge in [-0.2, -0.15) is 0 Å². The lowest BCUT2D eigenvalue weighted by molar-refractivity contribution is -0.174. The van der Waals surface area contributed by atoms with E-state index < -0.39 is 29.1 Å². The summed E-state index contributed by atoms with van der Waals surface area (Å²) in [6.07, 6.45) is 7.64. The summed E-state index contributed by atoms with van der Waals surface area (Å²) < 4.78 is 10.9. The van der Waals surface area contributed by atoms with Gasteiger partial charge in [-0.05, 0) is 60.3 Å². The highest BCUT2D eigenvalue weighted by Gasteiger charge is 2.35. The third-order valence-corrected chi connectivity index (χ3v) is 3.97. The smallest absolute Gasteiger partial charge is 0.320 e. The molecule has 0 aromatic carbocycles. The van der Waals surface area contributed by atoms with Gasteiger partial charge in [0.25, 0.3) is 0 Å². The van der Waals surface area contributed by atoms with Gasteiger partial charge in [-0.25, -0.2) is 0 Å². The fraction of sp³-hybridized carbons (Fsp3) is 0.895. The van der Waals surface area contributed by atoms with E-state index in [0.29, 0.717) is 12.3 Å². The zero-order chi connectivity index (χ0) is 17.7. The molecule has 0 aromatic heterocycles. The summed E-state index contributed by atoms with van der Waals surface area (Å²) in [6.45, 7) is 10.9. The molecule has 0 amide bonds. The van der Waals surface area contributed by atoms with E-state index in [1.807, 2.05) is 41.5 Å². The van der Waals surface area contributed by atoms with Crippen molar-refractivity contribution in [3.8, 4) is 0 Å². The molecule has 0 radical (unpaired) electrons. The second-order valence-electron chi connectivity index (χ2n) is 8.70. The summed E-state index contributed by atoms with van der Waals surface area (Å²) in [6, 6.07) is 0. The first-order valence-corrected chi connectivity index (χ1v) is 8.94. The number of rotatable bonds is 5. The molecule has 4 heteroatoms. The highest BCUT2D eigenvalue weighted by molar-refractivity contribution is 5.95. The Hall–Kier alpha value is -1.06. The quantitative estimate of drug-likeness (QED) is 0.545. The van der Waals surface area contributed by atoms with Crippen molar-refractivity contribution in [1.82, 2.24) is 0 Å². The number of carbonyl (C=O) groups is 2. The first-order chi connectivity index (χ1) is 10.5. The molecule has 1 rings (SSSR count). The van der Waals surface area contributed by atoms with E-state index in [2.05, 4.69) is 0 Å².